The van der Waals surface area contributed by atoms with Gasteiger partial charge in [0.15, 0.2) is 18.1 Å². The van der Waals surface area contributed by atoms with Gasteiger partial charge in [-0.15, -0.1) is 0 Å². The Balaban J connectivity index is 2.12. The Morgan fingerprint density at radius 1 is 1.33 bits per heavy atom. The first kappa shape index (κ1) is 21.1. The van der Waals surface area contributed by atoms with Gasteiger partial charge in [-0.05, 0) is 58.2 Å². The average molecular weight is 455 g/mol. The zero-order valence-electron chi connectivity index (χ0n) is 15.5. The van der Waals surface area contributed by atoms with Crippen molar-refractivity contribution in [1.29, 1.82) is 0 Å². The molecule has 0 saturated heterocycles. The topological polar surface area (TPSA) is 63.2 Å². The lowest BCUT2D eigenvalue weighted by Gasteiger charge is -2.15. The summed E-state index contributed by atoms with van der Waals surface area (Å²) >= 11 is 9.55. The molecule has 0 bridgehead atoms. The van der Waals surface area contributed by atoms with E-state index in [1.165, 1.54) is 12.0 Å². The van der Waals surface area contributed by atoms with E-state index >= 15 is 0 Å². The first-order valence-electron chi connectivity index (χ1n) is 8.07. The lowest BCUT2D eigenvalue weighted by atomic mass is 10.2. The summed E-state index contributed by atoms with van der Waals surface area (Å²) in [5.74, 6) is 0.814. The third-order valence-electron chi connectivity index (χ3n) is 3.67. The number of nitrogens with zero attached hydrogens (tertiary/aromatic N) is 2. The molecule has 0 unspecified atom stereocenters. The second-order valence-corrected chi connectivity index (χ2v) is 7.21. The molecule has 2 aromatic rings. The fourth-order valence-corrected chi connectivity index (χ4v) is 2.82. The van der Waals surface area contributed by atoms with Crippen molar-refractivity contribution in [2.24, 2.45) is 5.10 Å². The Kier molecular flexibility index (Phi) is 7.50. The van der Waals surface area contributed by atoms with E-state index < -0.39 is 0 Å². The maximum atomic E-state index is 11.7. The number of hydrogen-bond donors (Lipinski definition) is 1. The summed E-state index contributed by atoms with van der Waals surface area (Å²) in [4.78, 5) is 13.2. The van der Waals surface area contributed by atoms with Gasteiger partial charge in [0, 0.05) is 19.1 Å². The minimum atomic E-state index is -0.143. The fourth-order valence-electron chi connectivity index (χ4n) is 2.06. The number of aryl methyl sites for hydroxylation is 1. The molecule has 0 saturated carbocycles. The summed E-state index contributed by atoms with van der Waals surface area (Å²) in [5, 5.41) is 4.89. The fraction of sp³-hybridized carbons (Fsp3) is 0.263. The number of halogens is 2. The van der Waals surface area contributed by atoms with Crippen LogP contribution in [0.25, 0.3) is 0 Å². The number of anilines is 1. The maximum Gasteiger partial charge on any atom is 0.259 e. The summed E-state index contributed by atoms with van der Waals surface area (Å²) in [6.07, 6.45) is 1.65. The number of benzene rings is 2. The minimum Gasteiger partial charge on any atom is -0.493 e. The molecule has 0 aliphatic rings. The van der Waals surface area contributed by atoms with E-state index in [9.17, 15) is 4.79 Å². The number of amides is 1. The van der Waals surface area contributed by atoms with Gasteiger partial charge in [0.2, 0.25) is 0 Å². The molecule has 0 radical (unpaired) electrons. The van der Waals surface area contributed by atoms with E-state index in [2.05, 4.69) is 26.5 Å². The highest BCUT2D eigenvalue weighted by Crippen LogP contribution is 2.36. The van der Waals surface area contributed by atoms with Gasteiger partial charge in [0.25, 0.3) is 5.91 Å². The Morgan fingerprint density at radius 2 is 2.07 bits per heavy atom. The lowest BCUT2D eigenvalue weighted by Crippen LogP contribution is -2.27. The van der Waals surface area contributed by atoms with Crippen LogP contribution in [0.15, 0.2) is 39.9 Å². The quantitative estimate of drug-likeness (QED) is 0.499. The minimum absolute atomic E-state index is 0.0782. The SMILES string of the molecule is COc1cc(/C=N/Nc2ccc(C)c(Cl)c2)cc(Br)c1OCC(=O)N(C)C. The van der Waals surface area contributed by atoms with Crippen LogP contribution in [-0.2, 0) is 4.79 Å². The molecule has 0 aliphatic carbocycles. The van der Waals surface area contributed by atoms with E-state index in [4.69, 9.17) is 21.1 Å². The maximum absolute atomic E-state index is 11.7. The summed E-state index contributed by atoms with van der Waals surface area (Å²) < 4.78 is 11.6. The standard InChI is InChI=1S/C19H21BrClN3O3/c1-12-5-6-14(9-16(12)21)23-22-10-13-7-15(20)19(17(8-13)26-4)27-11-18(25)24(2)3/h5-10,23H,11H2,1-4H3/b22-10+. The van der Waals surface area contributed by atoms with Crippen LogP contribution in [0.5, 0.6) is 11.5 Å². The van der Waals surface area contributed by atoms with Crippen LogP contribution in [0.1, 0.15) is 11.1 Å². The van der Waals surface area contributed by atoms with Crippen LogP contribution < -0.4 is 14.9 Å². The van der Waals surface area contributed by atoms with Gasteiger partial charge in [0.1, 0.15) is 0 Å². The predicted octanol–water partition coefficient (Wildman–Crippen LogP) is 4.33. The van der Waals surface area contributed by atoms with Gasteiger partial charge >= 0.3 is 0 Å². The first-order valence-corrected chi connectivity index (χ1v) is 9.24. The van der Waals surface area contributed by atoms with Crippen LogP contribution in [0.4, 0.5) is 5.69 Å². The summed E-state index contributed by atoms with van der Waals surface area (Å²) in [7, 11) is 4.88. The number of carbonyl (C=O) groups is 1. The highest BCUT2D eigenvalue weighted by atomic mass is 79.9. The van der Waals surface area contributed by atoms with Gasteiger partial charge in [0.05, 0.1) is 23.5 Å². The smallest absolute Gasteiger partial charge is 0.259 e. The average Bonchev–Trinajstić information content (AvgIpc) is 2.63. The second kappa shape index (κ2) is 9.62. The van der Waals surface area contributed by atoms with Crippen molar-refractivity contribution >= 4 is 45.3 Å². The molecule has 2 aromatic carbocycles. The van der Waals surface area contributed by atoms with Crippen molar-refractivity contribution in [1.82, 2.24) is 4.90 Å². The molecule has 1 N–H and O–H groups in total. The summed E-state index contributed by atoms with van der Waals surface area (Å²) in [6.45, 7) is 1.86. The van der Waals surface area contributed by atoms with Crippen molar-refractivity contribution in [3.8, 4) is 11.5 Å². The zero-order valence-corrected chi connectivity index (χ0v) is 17.9. The first-order chi connectivity index (χ1) is 12.8. The molecule has 144 valence electrons. The van der Waals surface area contributed by atoms with Crippen LogP contribution in [-0.4, -0.2) is 44.8 Å². The Labute approximate surface area is 172 Å². The molecular formula is C19H21BrClN3O3. The number of methoxy groups -OCH3 is 1. The molecule has 0 fully saturated rings. The number of hydrogen-bond acceptors (Lipinski definition) is 5. The van der Waals surface area contributed by atoms with Crippen molar-refractivity contribution in [3.05, 3.63) is 51.0 Å². The van der Waals surface area contributed by atoms with Crippen molar-refractivity contribution < 1.29 is 14.3 Å². The number of likely N-dealkylation sites (N-methyl/N-ethyl adjacent to an activating group) is 1. The number of ether oxygens (including phenoxy) is 2. The van der Waals surface area contributed by atoms with Crippen molar-refractivity contribution in [3.63, 3.8) is 0 Å². The molecule has 0 heterocycles. The van der Waals surface area contributed by atoms with Crippen LogP contribution in [0.2, 0.25) is 5.02 Å². The molecule has 2 rings (SSSR count). The van der Waals surface area contributed by atoms with Gasteiger partial charge in [-0.25, -0.2) is 0 Å². The molecular weight excluding hydrogens is 434 g/mol. The number of nitrogens with one attached hydrogen (secondary N) is 1. The van der Waals surface area contributed by atoms with Gasteiger partial charge in [-0.1, -0.05) is 17.7 Å². The molecule has 6 nitrogen and oxygen atoms in total. The van der Waals surface area contributed by atoms with Crippen LogP contribution in [0, 0.1) is 6.92 Å². The van der Waals surface area contributed by atoms with Crippen LogP contribution in [0.3, 0.4) is 0 Å². The number of rotatable bonds is 7. The summed E-state index contributed by atoms with van der Waals surface area (Å²) in [6, 6.07) is 9.22. The Bertz CT molecular complexity index is 856. The van der Waals surface area contributed by atoms with E-state index in [-0.39, 0.29) is 12.5 Å². The van der Waals surface area contributed by atoms with Crippen LogP contribution >= 0.6 is 27.5 Å². The molecule has 0 aliphatic heterocycles. The normalized spacial score (nSPS) is 10.7. The van der Waals surface area contributed by atoms with E-state index in [1.54, 1.807) is 26.4 Å². The highest BCUT2D eigenvalue weighted by Gasteiger charge is 2.14. The molecule has 0 atom stereocenters. The third kappa shape index (κ3) is 5.87. The highest BCUT2D eigenvalue weighted by molar-refractivity contribution is 9.10. The van der Waals surface area contributed by atoms with E-state index in [1.807, 2.05) is 31.2 Å². The second-order valence-electron chi connectivity index (χ2n) is 5.94. The van der Waals surface area contributed by atoms with Crippen molar-refractivity contribution in [2.45, 2.75) is 6.92 Å². The van der Waals surface area contributed by atoms with Gasteiger partial charge in [-0.3, -0.25) is 10.2 Å². The largest absolute Gasteiger partial charge is 0.493 e. The molecule has 27 heavy (non-hydrogen) atoms. The number of carbonyl (C=O) groups excluding carboxylic acids is 1. The molecule has 8 heteroatoms. The molecule has 0 aromatic heterocycles. The zero-order chi connectivity index (χ0) is 20.0. The summed E-state index contributed by atoms with van der Waals surface area (Å²) in [5.41, 5.74) is 5.51. The van der Waals surface area contributed by atoms with Gasteiger partial charge < -0.3 is 14.4 Å². The van der Waals surface area contributed by atoms with Crippen molar-refractivity contribution in [2.75, 3.05) is 33.2 Å². The monoisotopic (exact) mass is 453 g/mol. The lowest BCUT2D eigenvalue weighted by molar-refractivity contribution is -0.130. The predicted molar refractivity (Wildman–Crippen MR) is 112 cm³/mol. The number of hydrazone groups is 1. The van der Waals surface area contributed by atoms with E-state index in [0.717, 1.165) is 16.8 Å². The Hall–Kier alpha value is -2.25. The molecule has 0 spiro atoms. The molecule has 1 amide bonds. The third-order valence-corrected chi connectivity index (χ3v) is 4.67. The van der Waals surface area contributed by atoms with E-state index in [0.29, 0.717) is 21.0 Å². The van der Waals surface area contributed by atoms with Gasteiger partial charge in [-0.2, -0.15) is 5.10 Å². The Morgan fingerprint density at radius 3 is 2.70 bits per heavy atom.